The molecule has 2 aliphatic carbocycles. The summed E-state index contributed by atoms with van der Waals surface area (Å²) in [5, 5.41) is 17.0. The van der Waals surface area contributed by atoms with Crippen molar-refractivity contribution in [2.24, 2.45) is 23.2 Å². The molecule has 5 atom stereocenters. The van der Waals surface area contributed by atoms with E-state index >= 15 is 0 Å². The number of allylic oxidation sites excluding steroid dienone is 2. The zero-order chi connectivity index (χ0) is 32.6. The summed E-state index contributed by atoms with van der Waals surface area (Å²) in [6.07, 6.45) is 7.27. The topological polar surface area (TPSA) is 131 Å². The van der Waals surface area contributed by atoms with Gasteiger partial charge in [-0.25, -0.2) is 9.97 Å². The van der Waals surface area contributed by atoms with Gasteiger partial charge in [-0.15, -0.1) is 11.3 Å². The van der Waals surface area contributed by atoms with Crippen LogP contribution in [0.1, 0.15) is 58.8 Å². The number of Topliss-reactive ketones (excluding diaryl/α,β-unsaturated/α-hetero) is 1. The average Bonchev–Trinajstić information content (AvgIpc) is 3.31. The van der Waals surface area contributed by atoms with E-state index < -0.39 is 29.3 Å². The smallest absolute Gasteiger partial charge is 0.310 e. The Morgan fingerprint density at radius 3 is 2.70 bits per heavy atom. The van der Waals surface area contributed by atoms with Crippen molar-refractivity contribution in [3.8, 4) is 22.9 Å². The molecule has 2 fully saturated rings. The van der Waals surface area contributed by atoms with Gasteiger partial charge in [-0.1, -0.05) is 12.2 Å². The van der Waals surface area contributed by atoms with Crippen molar-refractivity contribution in [3.05, 3.63) is 41.8 Å². The molecule has 46 heavy (non-hydrogen) atoms. The van der Waals surface area contributed by atoms with Gasteiger partial charge in [-0.3, -0.25) is 14.4 Å². The van der Waals surface area contributed by atoms with Gasteiger partial charge >= 0.3 is 5.97 Å². The van der Waals surface area contributed by atoms with Crippen LogP contribution in [0.4, 0.5) is 5.13 Å². The SMILES string of the molecule is COc1ccc2c(O[C@@H]3C[C@H]4C(=O)C[C@]5(C(=O)O)C[C@H]5/C=C\CCCCN(C)C(=O)[C@@H]4C3)cc(-c3csc(NC(C)C)n3)nc2c1. The van der Waals surface area contributed by atoms with Crippen LogP contribution < -0.4 is 14.8 Å². The van der Waals surface area contributed by atoms with Gasteiger partial charge < -0.3 is 24.8 Å². The number of carbonyl (C=O) groups is 3. The van der Waals surface area contributed by atoms with Crippen LogP contribution in [-0.4, -0.2) is 70.5 Å². The Bertz CT molecular complexity index is 1670. The molecule has 10 nitrogen and oxygen atoms in total. The minimum absolute atomic E-state index is 0.0685. The summed E-state index contributed by atoms with van der Waals surface area (Å²) in [6, 6.07) is 7.72. The van der Waals surface area contributed by atoms with Gasteiger partial charge in [-0.2, -0.15) is 0 Å². The highest BCUT2D eigenvalue weighted by molar-refractivity contribution is 7.14. The summed E-state index contributed by atoms with van der Waals surface area (Å²) in [5.74, 6) is -1.26. The minimum Gasteiger partial charge on any atom is -0.497 e. The second-order valence-electron chi connectivity index (χ2n) is 13.2. The highest BCUT2D eigenvalue weighted by Crippen LogP contribution is 2.57. The predicted octanol–water partition coefficient (Wildman–Crippen LogP) is 6.21. The first-order chi connectivity index (χ1) is 22.1. The van der Waals surface area contributed by atoms with Gasteiger partial charge in [-0.05, 0) is 70.4 Å². The number of benzene rings is 1. The number of nitrogens with one attached hydrogen (secondary N) is 1. The zero-order valence-corrected chi connectivity index (χ0v) is 27.6. The number of fused-ring (bicyclic) bond motifs is 3. The fraction of sp³-hybridized carbons (Fsp3) is 0.514. The number of aromatic nitrogens is 2. The largest absolute Gasteiger partial charge is 0.497 e. The minimum atomic E-state index is -1.08. The van der Waals surface area contributed by atoms with E-state index in [1.165, 1.54) is 11.3 Å². The van der Waals surface area contributed by atoms with Crippen molar-refractivity contribution in [2.45, 2.75) is 70.9 Å². The molecule has 1 aromatic carbocycles. The van der Waals surface area contributed by atoms with E-state index in [1.54, 1.807) is 19.1 Å². The first-order valence-corrected chi connectivity index (χ1v) is 17.0. The number of nitrogens with zero attached hydrogens (tertiary/aromatic N) is 3. The van der Waals surface area contributed by atoms with Crippen LogP contribution in [0.15, 0.2) is 41.8 Å². The molecule has 1 aliphatic heterocycles. The number of ketones is 1. The van der Waals surface area contributed by atoms with Crippen molar-refractivity contribution in [1.82, 2.24) is 14.9 Å². The maximum absolute atomic E-state index is 13.9. The van der Waals surface area contributed by atoms with Crippen LogP contribution in [0.25, 0.3) is 22.3 Å². The van der Waals surface area contributed by atoms with Gasteiger partial charge in [0.2, 0.25) is 5.91 Å². The molecule has 0 unspecified atom stereocenters. The predicted molar refractivity (Wildman–Crippen MR) is 177 cm³/mol. The van der Waals surface area contributed by atoms with Gasteiger partial charge in [0.1, 0.15) is 29.1 Å². The maximum atomic E-state index is 13.9. The number of ether oxygens (including phenoxy) is 2. The zero-order valence-electron chi connectivity index (χ0n) is 26.8. The summed E-state index contributed by atoms with van der Waals surface area (Å²) >= 11 is 1.50. The molecule has 2 N–H and O–H groups in total. The third-order valence-corrected chi connectivity index (χ3v) is 10.4. The number of methoxy groups -OCH3 is 1. The quantitative estimate of drug-likeness (QED) is 0.288. The summed E-state index contributed by atoms with van der Waals surface area (Å²) in [6.45, 7) is 4.72. The Hall–Kier alpha value is -3.99. The van der Waals surface area contributed by atoms with E-state index in [-0.39, 0.29) is 30.1 Å². The first-order valence-electron chi connectivity index (χ1n) is 16.1. The number of hydrogen-bond acceptors (Lipinski definition) is 9. The summed E-state index contributed by atoms with van der Waals surface area (Å²) in [7, 11) is 3.40. The Morgan fingerprint density at radius 1 is 1.13 bits per heavy atom. The number of rotatable bonds is 7. The summed E-state index contributed by atoms with van der Waals surface area (Å²) < 4.78 is 12.2. The highest BCUT2D eigenvalue weighted by atomic mass is 32.1. The maximum Gasteiger partial charge on any atom is 0.310 e. The van der Waals surface area contributed by atoms with E-state index in [2.05, 4.69) is 19.2 Å². The summed E-state index contributed by atoms with van der Waals surface area (Å²) in [4.78, 5) is 51.4. The first kappa shape index (κ1) is 32.0. The number of amides is 1. The van der Waals surface area contributed by atoms with Crippen LogP contribution in [0.3, 0.4) is 0 Å². The third-order valence-electron chi connectivity index (χ3n) is 9.61. The van der Waals surface area contributed by atoms with Crippen molar-refractivity contribution >= 4 is 45.0 Å². The molecule has 11 heteroatoms. The fourth-order valence-corrected chi connectivity index (χ4v) is 7.80. The molecule has 0 saturated heterocycles. The van der Waals surface area contributed by atoms with Crippen molar-refractivity contribution in [1.29, 1.82) is 0 Å². The molecule has 3 aliphatic rings. The van der Waals surface area contributed by atoms with E-state index in [0.29, 0.717) is 54.2 Å². The lowest BCUT2D eigenvalue weighted by molar-refractivity contribution is -0.147. The van der Waals surface area contributed by atoms with Crippen LogP contribution in [0.2, 0.25) is 0 Å². The molecule has 3 aromatic rings. The van der Waals surface area contributed by atoms with Gasteiger partial charge in [0.15, 0.2) is 5.13 Å². The molecule has 2 aromatic heterocycles. The number of thiazole rings is 1. The normalized spacial score (nSPS) is 27.5. The van der Waals surface area contributed by atoms with Crippen LogP contribution in [0, 0.1) is 23.2 Å². The molecule has 2 saturated carbocycles. The molecule has 0 spiro atoms. The number of aliphatic carboxylic acids is 1. The molecular weight excluding hydrogens is 604 g/mol. The van der Waals surface area contributed by atoms with Gasteiger partial charge in [0, 0.05) is 54.9 Å². The molecule has 244 valence electrons. The van der Waals surface area contributed by atoms with Crippen LogP contribution in [-0.2, 0) is 14.4 Å². The van der Waals surface area contributed by atoms with Gasteiger partial charge in [0.25, 0.3) is 0 Å². The number of pyridine rings is 1. The van der Waals surface area contributed by atoms with E-state index in [0.717, 1.165) is 29.8 Å². The second kappa shape index (κ2) is 13.0. The van der Waals surface area contributed by atoms with Crippen molar-refractivity contribution < 1.29 is 29.0 Å². The lowest BCUT2D eigenvalue weighted by atomic mass is 9.84. The van der Waals surface area contributed by atoms with Gasteiger partial charge in [0.05, 0.1) is 29.7 Å². The Balaban J connectivity index is 1.32. The molecule has 1 amide bonds. The number of carboxylic acids is 1. The fourth-order valence-electron chi connectivity index (χ4n) is 6.95. The molecule has 0 bridgehead atoms. The average molecular weight is 647 g/mol. The standard InChI is InChI=1S/C35H42N4O6S/c1-20(2)36-34-38-29(19-46-34)28-16-31(24-11-10-22(44-4)15-27(24)37-28)45-23-13-25-26(14-23)32(41)39(3)12-8-6-5-7-9-21-17-35(21,33(42)43)18-30(25)40/h7,9-11,15-16,19-21,23,25-26H,5-6,8,12-14,17-18H2,1-4H3,(H,36,38)(H,42,43)/b9-7-/t21-,23-,25-,26-,35-/m1/s1. The lowest BCUT2D eigenvalue weighted by Gasteiger charge is -2.25. The van der Waals surface area contributed by atoms with Crippen molar-refractivity contribution in [3.63, 3.8) is 0 Å². The Labute approximate surface area is 273 Å². The molecular formula is C35H42N4O6S. The monoisotopic (exact) mass is 646 g/mol. The van der Waals surface area contributed by atoms with E-state index in [4.69, 9.17) is 19.4 Å². The Morgan fingerprint density at radius 2 is 1.93 bits per heavy atom. The number of hydrogen-bond donors (Lipinski definition) is 2. The van der Waals surface area contributed by atoms with Crippen LogP contribution >= 0.6 is 11.3 Å². The van der Waals surface area contributed by atoms with Crippen molar-refractivity contribution in [2.75, 3.05) is 26.0 Å². The highest BCUT2D eigenvalue weighted by Gasteiger charge is 2.61. The van der Waals surface area contributed by atoms with E-state index in [1.807, 2.05) is 41.8 Å². The van der Waals surface area contributed by atoms with Crippen LogP contribution in [0.5, 0.6) is 11.5 Å². The third kappa shape index (κ3) is 6.47. The number of carbonyl (C=O) groups excluding carboxylic acids is 2. The lowest BCUT2D eigenvalue weighted by Crippen LogP contribution is -2.38. The molecule has 0 radical (unpaired) electrons. The van der Waals surface area contributed by atoms with E-state index in [9.17, 15) is 19.5 Å². The second-order valence-corrected chi connectivity index (χ2v) is 14.1. The molecule has 6 rings (SSSR count). The summed E-state index contributed by atoms with van der Waals surface area (Å²) in [5.41, 5.74) is 0.949. The Kier molecular flexibility index (Phi) is 9.05. The number of anilines is 1. The molecule has 3 heterocycles. The number of carboxylic acid groups (broad SMARTS) is 1.